The number of hydrogen-bond acceptors (Lipinski definition) is 4. The van der Waals surface area contributed by atoms with E-state index in [1.807, 2.05) is 12.1 Å². The van der Waals surface area contributed by atoms with Crippen molar-refractivity contribution >= 4 is 35.6 Å². The molecular formula is C19H34IN5O. The predicted molar refractivity (Wildman–Crippen MR) is 121 cm³/mol. The molecule has 1 aliphatic heterocycles. The van der Waals surface area contributed by atoms with Gasteiger partial charge in [0.2, 0.25) is 0 Å². The molecule has 0 bridgehead atoms. The summed E-state index contributed by atoms with van der Waals surface area (Å²) < 4.78 is 5.50. The molecule has 1 aromatic carbocycles. The summed E-state index contributed by atoms with van der Waals surface area (Å²) in [6.45, 7) is 6.88. The number of ether oxygens (including phenoxy) is 1. The molecule has 1 atom stereocenters. The van der Waals surface area contributed by atoms with Crippen LogP contribution in [-0.2, 0) is 0 Å². The summed E-state index contributed by atoms with van der Waals surface area (Å²) in [6.07, 6.45) is 2.17. The highest BCUT2D eigenvalue weighted by Gasteiger charge is 2.25. The van der Waals surface area contributed by atoms with Gasteiger partial charge in [-0.05, 0) is 52.5 Å². The van der Waals surface area contributed by atoms with E-state index in [1.165, 1.54) is 5.69 Å². The second-order valence-electron chi connectivity index (χ2n) is 6.67. The molecule has 0 radical (unpaired) electrons. The van der Waals surface area contributed by atoms with Crippen molar-refractivity contribution in [2.45, 2.75) is 25.8 Å². The number of nitrogens with zero attached hydrogens (tertiary/aromatic N) is 3. The molecule has 148 valence electrons. The number of anilines is 1. The maximum Gasteiger partial charge on any atom is 0.191 e. The van der Waals surface area contributed by atoms with Crippen LogP contribution in [0.4, 0.5) is 5.69 Å². The van der Waals surface area contributed by atoms with Crippen molar-refractivity contribution in [3.05, 3.63) is 24.3 Å². The molecule has 1 heterocycles. The van der Waals surface area contributed by atoms with Crippen LogP contribution in [0.5, 0.6) is 5.75 Å². The van der Waals surface area contributed by atoms with Crippen molar-refractivity contribution in [3.8, 4) is 5.75 Å². The summed E-state index contributed by atoms with van der Waals surface area (Å²) >= 11 is 0. The zero-order valence-electron chi connectivity index (χ0n) is 16.5. The van der Waals surface area contributed by atoms with E-state index in [-0.39, 0.29) is 24.0 Å². The average Bonchev–Trinajstić information content (AvgIpc) is 3.07. The minimum atomic E-state index is 0. The number of nitrogens with one attached hydrogen (secondary N) is 2. The number of methoxy groups -OCH3 is 1. The van der Waals surface area contributed by atoms with E-state index in [9.17, 15) is 0 Å². The van der Waals surface area contributed by atoms with E-state index >= 15 is 0 Å². The number of halogens is 1. The van der Waals surface area contributed by atoms with Gasteiger partial charge in [0.25, 0.3) is 0 Å². The molecule has 1 saturated heterocycles. The van der Waals surface area contributed by atoms with Crippen molar-refractivity contribution in [1.82, 2.24) is 15.5 Å². The second-order valence-corrected chi connectivity index (χ2v) is 6.67. The van der Waals surface area contributed by atoms with Crippen LogP contribution in [0, 0.1) is 0 Å². The Morgan fingerprint density at radius 2 is 2.12 bits per heavy atom. The van der Waals surface area contributed by atoms with Crippen LogP contribution >= 0.6 is 24.0 Å². The van der Waals surface area contributed by atoms with Crippen LogP contribution in [0.25, 0.3) is 0 Å². The van der Waals surface area contributed by atoms with Crippen molar-refractivity contribution in [2.24, 2.45) is 4.99 Å². The van der Waals surface area contributed by atoms with Gasteiger partial charge in [0.05, 0.1) is 12.8 Å². The Labute approximate surface area is 175 Å². The predicted octanol–water partition coefficient (Wildman–Crippen LogP) is 2.40. The first-order valence-electron chi connectivity index (χ1n) is 9.21. The number of benzene rings is 1. The summed E-state index contributed by atoms with van der Waals surface area (Å²) in [4.78, 5) is 9.28. The summed E-state index contributed by atoms with van der Waals surface area (Å²) in [6, 6.07) is 8.62. The van der Waals surface area contributed by atoms with E-state index < -0.39 is 0 Å². The lowest BCUT2D eigenvalue weighted by Gasteiger charge is -2.22. The molecule has 0 saturated carbocycles. The molecule has 1 aliphatic rings. The van der Waals surface area contributed by atoms with Gasteiger partial charge in [-0.1, -0.05) is 12.1 Å². The zero-order valence-corrected chi connectivity index (χ0v) is 18.8. The Morgan fingerprint density at radius 3 is 2.81 bits per heavy atom. The van der Waals surface area contributed by atoms with Gasteiger partial charge in [-0.2, -0.15) is 0 Å². The molecule has 1 unspecified atom stereocenters. The summed E-state index contributed by atoms with van der Waals surface area (Å²) in [5.74, 6) is 1.86. The van der Waals surface area contributed by atoms with E-state index in [2.05, 4.69) is 53.6 Å². The van der Waals surface area contributed by atoms with Crippen molar-refractivity contribution in [1.29, 1.82) is 0 Å². The van der Waals surface area contributed by atoms with Gasteiger partial charge in [-0.25, -0.2) is 0 Å². The topological polar surface area (TPSA) is 52.1 Å². The van der Waals surface area contributed by atoms with Crippen molar-refractivity contribution in [2.75, 3.05) is 58.8 Å². The van der Waals surface area contributed by atoms with Gasteiger partial charge < -0.3 is 25.2 Å². The molecule has 0 aromatic heterocycles. The molecule has 2 rings (SSSR count). The van der Waals surface area contributed by atoms with E-state index in [0.29, 0.717) is 6.04 Å². The smallest absolute Gasteiger partial charge is 0.191 e. The number of rotatable bonds is 8. The largest absolute Gasteiger partial charge is 0.495 e. The van der Waals surface area contributed by atoms with Crippen LogP contribution in [0.15, 0.2) is 29.3 Å². The highest BCUT2D eigenvalue weighted by Crippen LogP contribution is 2.30. The average molecular weight is 475 g/mol. The summed E-state index contributed by atoms with van der Waals surface area (Å²) in [5, 5.41) is 6.94. The quantitative estimate of drug-likeness (QED) is 0.262. The molecule has 6 nitrogen and oxygen atoms in total. The van der Waals surface area contributed by atoms with Gasteiger partial charge in [-0.3, -0.25) is 4.99 Å². The number of aliphatic imine (C=N–C) groups is 1. The molecule has 1 fully saturated rings. The standard InChI is InChI=1S/C19H33N5O.HI/c1-5-20-19(21-12-8-13-23(2)3)22-16-11-14-24(15-16)17-9-6-7-10-18(17)25-4;/h6-7,9-10,16H,5,8,11-15H2,1-4H3,(H2,20,21,22);1H. The molecule has 2 N–H and O–H groups in total. The third-order valence-electron chi connectivity index (χ3n) is 4.33. The van der Waals surface area contributed by atoms with Crippen LogP contribution in [0.2, 0.25) is 0 Å². The number of para-hydroxylation sites is 2. The molecule has 26 heavy (non-hydrogen) atoms. The Hall–Kier alpha value is -1.22. The first-order chi connectivity index (χ1) is 12.1. The van der Waals surface area contributed by atoms with E-state index in [1.54, 1.807) is 7.11 Å². The van der Waals surface area contributed by atoms with Gasteiger partial charge in [0, 0.05) is 32.2 Å². The first-order valence-corrected chi connectivity index (χ1v) is 9.21. The van der Waals surface area contributed by atoms with E-state index in [0.717, 1.165) is 57.3 Å². The Balaban J connectivity index is 0.00000338. The minimum Gasteiger partial charge on any atom is -0.495 e. The highest BCUT2D eigenvalue weighted by atomic mass is 127. The highest BCUT2D eigenvalue weighted by molar-refractivity contribution is 14.0. The maximum absolute atomic E-state index is 5.50. The molecule has 0 amide bonds. The first kappa shape index (κ1) is 22.8. The third-order valence-corrected chi connectivity index (χ3v) is 4.33. The summed E-state index contributed by atoms with van der Waals surface area (Å²) in [7, 11) is 5.92. The lowest BCUT2D eigenvalue weighted by Crippen LogP contribution is -2.44. The monoisotopic (exact) mass is 475 g/mol. The Kier molecular flexibility index (Phi) is 10.7. The van der Waals surface area contributed by atoms with Crippen LogP contribution in [-0.4, -0.2) is 70.8 Å². The third kappa shape index (κ3) is 7.19. The zero-order chi connectivity index (χ0) is 18.1. The Bertz CT molecular complexity index is 552. The fourth-order valence-corrected chi connectivity index (χ4v) is 3.08. The van der Waals surface area contributed by atoms with Crippen molar-refractivity contribution < 1.29 is 4.74 Å². The van der Waals surface area contributed by atoms with E-state index in [4.69, 9.17) is 9.73 Å². The SMILES string of the molecule is CCNC(=NCCCN(C)C)NC1CCN(c2ccccc2OC)C1.I. The minimum absolute atomic E-state index is 0. The molecule has 7 heteroatoms. The van der Waals surface area contributed by atoms with Crippen molar-refractivity contribution in [3.63, 3.8) is 0 Å². The van der Waals surface area contributed by atoms with Gasteiger partial charge >= 0.3 is 0 Å². The molecular weight excluding hydrogens is 441 g/mol. The lowest BCUT2D eigenvalue weighted by atomic mass is 10.2. The van der Waals surface area contributed by atoms with Crippen LogP contribution in [0.3, 0.4) is 0 Å². The van der Waals surface area contributed by atoms with Gasteiger partial charge in [-0.15, -0.1) is 24.0 Å². The normalized spacial score (nSPS) is 17.2. The van der Waals surface area contributed by atoms with Crippen LogP contribution < -0.4 is 20.3 Å². The van der Waals surface area contributed by atoms with Gasteiger partial charge in [0.15, 0.2) is 5.96 Å². The number of guanidine groups is 1. The lowest BCUT2D eigenvalue weighted by molar-refractivity contribution is 0.403. The van der Waals surface area contributed by atoms with Crippen LogP contribution in [0.1, 0.15) is 19.8 Å². The maximum atomic E-state index is 5.50. The molecule has 0 spiro atoms. The molecule has 0 aliphatic carbocycles. The summed E-state index contributed by atoms with van der Waals surface area (Å²) in [5.41, 5.74) is 1.17. The fraction of sp³-hybridized carbons (Fsp3) is 0.632. The van der Waals surface area contributed by atoms with Gasteiger partial charge in [0.1, 0.15) is 5.75 Å². The second kappa shape index (κ2) is 12.2. The Morgan fingerprint density at radius 1 is 1.35 bits per heavy atom. The molecule has 1 aromatic rings. The number of hydrogen-bond donors (Lipinski definition) is 2. The fourth-order valence-electron chi connectivity index (χ4n) is 3.08.